The Labute approximate surface area is 163 Å². The van der Waals surface area contributed by atoms with Crippen molar-refractivity contribution < 1.29 is 0 Å². The third kappa shape index (κ3) is 3.28. The molecule has 0 aliphatic carbocycles. The number of thioether (sulfide) groups is 1. The second kappa shape index (κ2) is 6.90. The quantitative estimate of drug-likeness (QED) is 0.529. The molecular formula is C18H18N6OS2. The Morgan fingerprint density at radius 3 is 2.78 bits per heavy atom. The summed E-state index contributed by atoms with van der Waals surface area (Å²) in [6.07, 6.45) is 0. The molecule has 0 spiro atoms. The van der Waals surface area contributed by atoms with E-state index in [0.717, 1.165) is 21.0 Å². The minimum atomic E-state index is -0.0915. The van der Waals surface area contributed by atoms with Crippen LogP contribution in [0.2, 0.25) is 0 Å². The standard InChI is InChI=1S/C18H18N6OS2/c1-9-5-6-13(7-10(9)2)24-18(21-22-23-24)26-8-14-19-16(25)15-11(3)12(4)27-17(15)20-14/h5-7H,8H2,1-4H3,(H,19,20,25). The molecule has 27 heavy (non-hydrogen) atoms. The van der Waals surface area contributed by atoms with Crippen LogP contribution in [-0.2, 0) is 5.75 Å². The number of hydrogen-bond acceptors (Lipinski definition) is 7. The van der Waals surface area contributed by atoms with Gasteiger partial charge in [-0.1, -0.05) is 17.8 Å². The van der Waals surface area contributed by atoms with Crippen LogP contribution < -0.4 is 5.56 Å². The molecule has 3 heterocycles. The molecule has 0 unspecified atom stereocenters. The topological polar surface area (TPSA) is 89.3 Å². The van der Waals surface area contributed by atoms with Crippen LogP contribution in [0.15, 0.2) is 28.2 Å². The van der Waals surface area contributed by atoms with Crippen LogP contribution in [0.5, 0.6) is 0 Å². The highest BCUT2D eigenvalue weighted by molar-refractivity contribution is 7.98. The zero-order valence-corrected chi connectivity index (χ0v) is 17.0. The molecule has 0 bridgehead atoms. The predicted octanol–water partition coefficient (Wildman–Crippen LogP) is 3.49. The fourth-order valence-corrected chi connectivity index (χ4v) is 4.60. The van der Waals surface area contributed by atoms with E-state index in [9.17, 15) is 4.79 Å². The molecular weight excluding hydrogens is 380 g/mol. The van der Waals surface area contributed by atoms with Gasteiger partial charge in [0.2, 0.25) is 5.16 Å². The van der Waals surface area contributed by atoms with Crippen LogP contribution >= 0.6 is 23.1 Å². The molecule has 0 atom stereocenters. The number of nitrogens with one attached hydrogen (secondary N) is 1. The van der Waals surface area contributed by atoms with E-state index in [2.05, 4.69) is 51.5 Å². The lowest BCUT2D eigenvalue weighted by Crippen LogP contribution is -2.11. The highest BCUT2D eigenvalue weighted by atomic mass is 32.2. The number of nitrogens with zero attached hydrogens (tertiary/aromatic N) is 5. The third-order valence-corrected chi connectivity index (χ3v) is 6.63. The van der Waals surface area contributed by atoms with Crippen LogP contribution in [0.1, 0.15) is 27.4 Å². The Bertz CT molecular complexity index is 1210. The summed E-state index contributed by atoms with van der Waals surface area (Å²) in [5, 5.41) is 13.3. The summed E-state index contributed by atoms with van der Waals surface area (Å²) in [6.45, 7) is 8.09. The first-order chi connectivity index (χ1) is 12.9. The first-order valence-corrected chi connectivity index (χ1v) is 10.2. The van der Waals surface area contributed by atoms with Gasteiger partial charge < -0.3 is 4.98 Å². The molecule has 1 aromatic carbocycles. The van der Waals surface area contributed by atoms with Gasteiger partial charge in [-0.05, 0) is 66.9 Å². The van der Waals surface area contributed by atoms with E-state index in [0.29, 0.717) is 22.1 Å². The van der Waals surface area contributed by atoms with Crippen molar-refractivity contribution in [3.63, 3.8) is 0 Å². The van der Waals surface area contributed by atoms with E-state index in [1.807, 2.05) is 19.9 Å². The van der Waals surface area contributed by atoms with Crippen molar-refractivity contribution in [2.24, 2.45) is 0 Å². The van der Waals surface area contributed by atoms with Crippen molar-refractivity contribution in [2.45, 2.75) is 38.6 Å². The Balaban J connectivity index is 1.62. The zero-order valence-electron chi connectivity index (χ0n) is 15.4. The van der Waals surface area contributed by atoms with Crippen LogP contribution in [-0.4, -0.2) is 30.2 Å². The maximum absolute atomic E-state index is 12.4. The summed E-state index contributed by atoms with van der Waals surface area (Å²) in [4.78, 5) is 21.8. The number of thiophene rings is 1. The number of aromatic amines is 1. The van der Waals surface area contributed by atoms with Crippen molar-refractivity contribution in [2.75, 3.05) is 0 Å². The molecule has 138 valence electrons. The Hall–Kier alpha value is -2.52. The normalized spacial score (nSPS) is 11.4. The molecule has 9 heteroatoms. The largest absolute Gasteiger partial charge is 0.309 e. The van der Waals surface area contributed by atoms with Gasteiger partial charge in [0.25, 0.3) is 5.56 Å². The van der Waals surface area contributed by atoms with Gasteiger partial charge in [0, 0.05) is 4.88 Å². The maximum Gasteiger partial charge on any atom is 0.259 e. The molecule has 0 fully saturated rings. The molecule has 0 aliphatic rings. The fourth-order valence-electron chi connectivity index (χ4n) is 2.79. The lowest BCUT2D eigenvalue weighted by Gasteiger charge is -2.07. The van der Waals surface area contributed by atoms with Crippen molar-refractivity contribution in [3.8, 4) is 5.69 Å². The lowest BCUT2D eigenvalue weighted by molar-refractivity contribution is 0.755. The molecule has 4 aromatic rings. The average molecular weight is 399 g/mol. The summed E-state index contributed by atoms with van der Waals surface area (Å²) < 4.78 is 1.70. The SMILES string of the molecule is Cc1ccc(-n2nnnc2SCc2nc3sc(C)c(C)c3c(=O)[nH]2)cc1C. The Kier molecular flexibility index (Phi) is 4.56. The van der Waals surface area contributed by atoms with E-state index in [1.165, 1.54) is 22.9 Å². The average Bonchev–Trinajstić information content (AvgIpc) is 3.20. The summed E-state index contributed by atoms with van der Waals surface area (Å²) >= 11 is 2.99. The van der Waals surface area contributed by atoms with Gasteiger partial charge in [-0.2, -0.15) is 4.68 Å². The highest BCUT2D eigenvalue weighted by Crippen LogP contribution is 2.27. The summed E-state index contributed by atoms with van der Waals surface area (Å²) in [5.41, 5.74) is 4.22. The van der Waals surface area contributed by atoms with Gasteiger partial charge in [0.05, 0.1) is 16.8 Å². The van der Waals surface area contributed by atoms with E-state index in [1.54, 1.807) is 16.0 Å². The molecule has 0 radical (unpaired) electrons. The van der Waals surface area contributed by atoms with E-state index in [-0.39, 0.29) is 5.56 Å². The van der Waals surface area contributed by atoms with Gasteiger partial charge in [-0.25, -0.2) is 4.98 Å². The number of tetrazole rings is 1. The smallest absolute Gasteiger partial charge is 0.259 e. The molecule has 0 saturated heterocycles. The van der Waals surface area contributed by atoms with E-state index >= 15 is 0 Å². The highest BCUT2D eigenvalue weighted by Gasteiger charge is 2.14. The molecule has 4 rings (SSSR count). The van der Waals surface area contributed by atoms with E-state index in [4.69, 9.17) is 0 Å². The molecule has 1 N–H and O–H groups in total. The van der Waals surface area contributed by atoms with Gasteiger partial charge in [-0.3, -0.25) is 4.79 Å². The number of fused-ring (bicyclic) bond motifs is 1. The summed E-state index contributed by atoms with van der Waals surface area (Å²) in [6, 6.07) is 6.10. The maximum atomic E-state index is 12.4. The number of rotatable bonds is 4. The fraction of sp³-hybridized carbons (Fsp3) is 0.278. The van der Waals surface area contributed by atoms with Crippen LogP contribution in [0.25, 0.3) is 15.9 Å². The van der Waals surface area contributed by atoms with Crippen molar-refractivity contribution >= 4 is 33.3 Å². The number of aromatic nitrogens is 6. The predicted molar refractivity (Wildman–Crippen MR) is 108 cm³/mol. The first kappa shape index (κ1) is 17.9. The van der Waals surface area contributed by atoms with Gasteiger partial charge in [0.1, 0.15) is 10.7 Å². The number of aryl methyl sites for hydroxylation is 4. The molecule has 0 saturated carbocycles. The van der Waals surface area contributed by atoms with Gasteiger partial charge in [-0.15, -0.1) is 16.4 Å². The van der Waals surface area contributed by atoms with Crippen molar-refractivity contribution in [1.29, 1.82) is 0 Å². The van der Waals surface area contributed by atoms with Gasteiger partial charge >= 0.3 is 0 Å². The van der Waals surface area contributed by atoms with Crippen molar-refractivity contribution in [3.05, 3.63) is 55.9 Å². The van der Waals surface area contributed by atoms with Crippen molar-refractivity contribution in [1.82, 2.24) is 30.2 Å². The molecule has 7 nitrogen and oxygen atoms in total. The van der Waals surface area contributed by atoms with Crippen LogP contribution in [0.4, 0.5) is 0 Å². The molecule has 0 aliphatic heterocycles. The van der Waals surface area contributed by atoms with E-state index < -0.39 is 0 Å². The third-order valence-electron chi connectivity index (χ3n) is 4.60. The minimum absolute atomic E-state index is 0.0915. The Morgan fingerprint density at radius 1 is 1.19 bits per heavy atom. The first-order valence-electron chi connectivity index (χ1n) is 8.41. The lowest BCUT2D eigenvalue weighted by atomic mass is 10.1. The number of H-pyrrole nitrogens is 1. The summed E-state index contributed by atoms with van der Waals surface area (Å²) in [5.74, 6) is 1.10. The van der Waals surface area contributed by atoms with Gasteiger partial charge in [0.15, 0.2) is 0 Å². The zero-order chi connectivity index (χ0) is 19.1. The summed E-state index contributed by atoms with van der Waals surface area (Å²) in [7, 11) is 0. The van der Waals surface area contributed by atoms with Crippen LogP contribution in [0, 0.1) is 27.7 Å². The van der Waals surface area contributed by atoms with Crippen LogP contribution in [0.3, 0.4) is 0 Å². The molecule has 3 aromatic heterocycles. The minimum Gasteiger partial charge on any atom is -0.309 e. The monoisotopic (exact) mass is 398 g/mol. The number of benzene rings is 1. The molecule has 0 amide bonds. The second-order valence-corrected chi connectivity index (χ2v) is 8.55. The Morgan fingerprint density at radius 2 is 2.00 bits per heavy atom. The second-order valence-electron chi connectivity index (χ2n) is 6.41. The number of hydrogen-bond donors (Lipinski definition) is 1.